The molecule has 7 heteroatoms. The molecule has 1 atom stereocenters. The highest BCUT2D eigenvalue weighted by Gasteiger charge is 2.42. The first-order chi connectivity index (χ1) is 10.8. The summed E-state index contributed by atoms with van der Waals surface area (Å²) in [6.07, 6.45) is 1.72. The molecule has 2 rings (SSSR count). The van der Waals surface area contributed by atoms with Crippen molar-refractivity contribution in [2.24, 2.45) is 5.92 Å². The van der Waals surface area contributed by atoms with E-state index in [0.717, 1.165) is 16.7 Å². The van der Waals surface area contributed by atoms with E-state index in [1.807, 2.05) is 13.8 Å². The number of carbonyl (C=O) groups excluding carboxylic acids is 2. The summed E-state index contributed by atoms with van der Waals surface area (Å²) in [5.74, 6) is -1.65. The van der Waals surface area contributed by atoms with Crippen LogP contribution in [0, 0.1) is 5.92 Å². The minimum atomic E-state index is -1.19. The Morgan fingerprint density at radius 1 is 1.26 bits per heavy atom. The number of phenolic OH excluding ortho intramolecular Hbond substituents is 1. The van der Waals surface area contributed by atoms with Crippen LogP contribution in [-0.4, -0.2) is 38.3 Å². The highest BCUT2D eigenvalue weighted by atomic mass is 32.2. The summed E-state index contributed by atoms with van der Waals surface area (Å²) in [4.78, 5) is 36.9. The number of amides is 2. The molecule has 0 spiro atoms. The first kappa shape index (κ1) is 17.1. The molecule has 1 aliphatic rings. The second kappa shape index (κ2) is 6.87. The van der Waals surface area contributed by atoms with Gasteiger partial charge in [-0.1, -0.05) is 26.0 Å². The van der Waals surface area contributed by atoms with E-state index in [2.05, 4.69) is 0 Å². The van der Waals surface area contributed by atoms with Gasteiger partial charge >= 0.3 is 5.97 Å². The standard InChI is InChI=1S/C16H17NO5S/c1-9(2)7-12(15(20)21)17-14(19)13(23-16(17)22)8-10-3-5-11(18)6-4-10/h3-6,8-9,12,18H,7H2,1-2H3,(H,20,21)/b13-8-/t12-/m0/s1. The van der Waals surface area contributed by atoms with Gasteiger partial charge in [0.25, 0.3) is 11.1 Å². The number of rotatable bonds is 5. The number of hydrogen-bond acceptors (Lipinski definition) is 5. The lowest BCUT2D eigenvalue weighted by atomic mass is 10.0. The van der Waals surface area contributed by atoms with Crippen LogP contribution < -0.4 is 0 Å². The average molecular weight is 335 g/mol. The smallest absolute Gasteiger partial charge is 0.326 e. The minimum Gasteiger partial charge on any atom is -0.508 e. The van der Waals surface area contributed by atoms with Crippen molar-refractivity contribution in [2.45, 2.75) is 26.3 Å². The zero-order valence-corrected chi connectivity index (χ0v) is 13.5. The molecule has 2 N–H and O–H groups in total. The number of carboxylic acids is 1. The first-order valence-corrected chi connectivity index (χ1v) is 7.90. The molecule has 1 aliphatic heterocycles. The van der Waals surface area contributed by atoms with Gasteiger partial charge in [-0.05, 0) is 47.9 Å². The number of imide groups is 1. The molecular weight excluding hydrogens is 318 g/mol. The van der Waals surface area contributed by atoms with Crippen LogP contribution in [0.25, 0.3) is 6.08 Å². The van der Waals surface area contributed by atoms with Crippen molar-refractivity contribution in [1.29, 1.82) is 0 Å². The summed E-state index contributed by atoms with van der Waals surface area (Å²) in [6, 6.07) is 4.98. The number of thioether (sulfide) groups is 1. The number of carboxylic acid groups (broad SMARTS) is 1. The molecule has 0 bridgehead atoms. The van der Waals surface area contributed by atoms with E-state index in [1.165, 1.54) is 18.2 Å². The maximum absolute atomic E-state index is 12.4. The molecule has 23 heavy (non-hydrogen) atoms. The normalized spacial score (nSPS) is 18.0. The predicted octanol–water partition coefficient (Wildman–Crippen LogP) is 2.93. The Hall–Kier alpha value is -2.28. The third-order valence-corrected chi connectivity index (χ3v) is 4.19. The zero-order chi connectivity index (χ0) is 17.1. The van der Waals surface area contributed by atoms with Crippen LogP contribution in [0.2, 0.25) is 0 Å². The summed E-state index contributed by atoms with van der Waals surface area (Å²) in [6.45, 7) is 3.67. The summed E-state index contributed by atoms with van der Waals surface area (Å²) >= 11 is 0.726. The lowest BCUT2D eigenvalue weighted by Gasteiger charge is -2.22. The van der Waals surface area contributed by atoms with Crippen molar-refractivity contribution in [3.63, 3.8) is 0 Å². The second-order valence-corrected chi connectivity index (χ2v) is 6.62. The number of hydrogen-bond donors (Lipinski definition) is 2. The van der Waals surface area contributed by atoms with Crippen LogP contribution in [0.15, 0.2) is 29.2 Å². The average Bonchev–Trinajstić information content (AvgIpc) is 2.73. The van der Waals surface area contributed by atoms with E-state index < -0.39 is 23.2 Å². The fourth-order valence-corrected chi connectivity index (χ4v) is 3.11. The summed E-state index contributed by atoms with van der Waals surface area (Å²) in [7, 11) is 0. The first-order valence-electron chi connectivity index (χ1n) is 7.08. The molecule has 0 radical (unpaired) electrons. The molecule has 1 aromatic rings. The van der Waals surface area contributed by atoms with E-state index in [4.69, 9.17) is 0 Å². The Bertz CT molecular complexity index is 666. The molecule has 1 heterocycles. The number of carbonyl (C=O) groups is 3. The van der Waals surface area contributed by atoms with E-state index in [1.54, 1.807) is 12.1 Å². The maximum Gasteiger partial charge on any atom is 0.326 e. The van der Waals surface area contributed by atoms with Gasteiger partial charge in [0.05, 0.1) is 4.91 Å². The van der Waals surface area contributed by atoms with Gasteiger partial charge in [0.15, 0.2) is 0 Å². The van der Waals surface area contributed by atoms with Crippen LogP contribution >= 0.6 is 11.8 Å². The fraction of sp³-hybridized carbons (Fsp3) is 0.312. The van der Waals surface area contributed by atoms with Gasteiger partial charge in [-0.2, -0.15) is 0 Å². The van der Waals surface area contributed by atoms with Crippen LogP contribution in [0.4, 0.5) is 4.79 Å². The van der Waals surface area contributed by atoms with Crippen molar-refractivity contribution in [1.82, 2.24) is 4.90 Å². The van der Waals surface area contributed by atoms with Gasteiger partial charge in [0.2, 0.25) is 0 Å². The number of benzene rings is 1. The van der Waals surface area contributed by atoms with E-state index in [0.29, 0.717) is 5.56 Å². The lowest BCUT2D eigenvalue weighted by molar-refractivity contribution is -0.146. The highest BCUT2D eigenvalue weighted by molar-refractivity contribution is 8.18. The van der Waals surface area contributed by atoms with Gasteiger partial charge in [0.1, 0.15) is 11.8 Å². The Labute approximate surface area is 137 Å². The molecule has 1 saturated heterocycles. The van der Waals surface area contributed by atoms with Crippen LogP contribution in [0.5, 0.6) is 5.75 Å². The zero-order valence-electron chi connectivity index (χ0n) is 12.7. The fourth-order valence-electron chi connectivity index (χ4n) is 2.23. The molecular formula is C16H17NO5S. The molecule has 0 aliphatic carbocycles. The van der Waals surface area contributed by atoms with Crippen LogP contribution in [0.1, 0.15) is 25.8 Å². The highest BCUT2D eigenvalue weighted by Crippen LogP contribution is 2.35. The topological polar surface area (TPSA) is 94.9 Å². The van der Waals surface area contributed by atoms with E-state index in [9.17, 15) is 24.6 Å². The molecule has 1 fully saturated rings. The number of aliphatic carboxylic acids is 1. The van der Waals surface area contributed by atoms with Crippen molar-refractivity contribution in [2.75, 3.05) is 0 Å². The Morgan fingerprint density at radius 3 is 2.39 bits per heavy atom. The van der Waals surface area contributed by atoms with Gasteiger partial charge in [0, 0.05) is 0 Å². The molecule has 0 saturated carbocycles. The van der Waals surface area contributed by atoms with Gasteiger partial charge in [-0.15, -0.1) is 0 Å². The third-order valence-electron chi connectivity index (χ3n) is 3.31. The van der Waals surface area contributed by atoms with Gasteiger partial charge in [-0.25, -0.2) is 4.79 Å². The molecule has 0 aromatic heterocycles. The molecule has 0 unspecified atom stereocenters. The summed E-state index contributed by atoms with van der Waals surface area (Å²) in [5, 5.41) is 18.0. The summed E-state index contributed by atoms with van der Waals surface area (Å²) in [5.41, 5.74) is 0.643. The largest absolute Gasteiger partial charge is 0.508 e. The van der Waals surface area contributed by atoms with Crippen molar-refractivity contribution >= 4 is 35.0 Å². The monoisotopic (exact) mass is 335 g/mol. The van der Waals surface area contributed by atoms with E-state index >= 15 is 0 Å². The van der Waals surface area contributed by atoms with Crippen molar-refractivity contribution < 1.29 is 24.6 Å². The molecule has 6 nitrogen and oxygen atoms in total. The Kier molecular flexibility index (Phi) is 5.10. The molecule has 2 amide bonds. The summed E-state index contributed by atoms with van der Waals surface area (Å²) < 4.78 is 0. The third kappa shape index (κ3) is 3.92. The second-order valence-electron chi connectivity index (χ2n) is 5.63. The Balaban J connectivity index is 2.28. The quantitative estimate of drug-likeness (QED) is 0.803. The van der Waals surface area contributed by atoms with Crippen LogP contribution in [0.3, 0.4) is 0 Å². The Morgan fingerprint density at radius 2 is 1.87 bits per heavy atom. The van der Waals surface area contributed by atoms with E-state index in [-0.39, 0.29) is 23.0 Å². The van der Waals surface area contributed by atoms with Gasteiger partial charge in [-0.3, -0.25) is 14.5 Å². The maximum atomic E-state index is 12.4. The predicted molar refractivity (Wildman–Crippen MR) is 86.8 cm³/mol. The lowest BCUT2D eigenvalue weighted by Crippen LogP contribution is -2.44. The minimum absolute atomic E-state index is 0.0341. The number of nitrogens with zero attached hydrogens (tertiary/aromatic N) is 1. The molecule has 122 valence electrons. The molecule has 1 aromatic carbocycles. The van der Waals surface area contributed by atoms with Gasteiger partial charge < -0.3 is 10.2 Å². The van der Waals surface area contributed by atoms with Crippen LogP contribution in [-0.2, 0) is 9.59 Å². The van der Waals surface area contributed by atoms with Crippen molar-refractivity contribution in [3.8, 4) is 5.75 Å². The number of phenols is 1. The van der Waals surface area contributed by atoms with Crippen molar-refractivity contribution in [3.05, 3.63) is 34.7 Å². The SMILES string of the molecule is CC(C)C[C@@H](C(=O)O)N1C(=O)S/C(=C\c2ccc(O)cc2)C1=O. The number of aromatic hydroxyl groups is 1.